The van der Waals surface area contributed by atoms with Crippen molar-refractivity contribution in [3.05, 3.63) is 29.6 Å². The van der Waals surface area contributed by atoms with Crippen LogP contribution >= 0.6 is 12.6 Å². The fraction of sp³-hybridized carbons (Fsp3) is 0.462. The van der Waals surface area contributed by atoms with Gasteiger partial charge in [-0.2, -0.15) is 12.6 Å². The maximum atomic E-state index is 4.70. The summed E-state index contributed by atoms with van der Waals surface area (Å²) in [5, 5.41) is 0. The number of rotatable bonds is 3. The Morgan fingerprint density at radius 2 is 2.12 bits per heavy atom. The maximum absolute atomic E-state index is 4.70. The molecule has 3 heteroatoms. The number of fused-ring (bicyclic) bond motifs is 1. The van der Waals surface area contributed by atoms with Gasteiger partial charge in [0.05, 0.1) is 11.0 Å². The lowest BCUT2D eigenvalue weighted by molar-refractivity contribution is 0.589. The summed E-state index contributed by atoms with van der Waals surface area (Å²) in [6.45, 7) is 6.50. The van der Waals surface area contributed by atoms with Crippen molar-refractivity contribution in [3.63, 3.8) is 0 Å². The Bertz CT molecular complexity index is 500. The molecule has 2 rings (SSSR count). The van der Waals surface area contributed by atoms with Crippen LogP contribution in [-0.2, 0) is 6.42 Å². The molecule has 1 heterocycles. The zero-order valence-electron chi connectivity index (χ0n) is 10.1. The van der Waals surface area contributed by atoms with E-state index in [0.29, 0.717) is 6.04 Å². The second-order valence-corrected chi connectivity index (χ2v) is 4.90. The van der Waals surface area contributed by atoms with Crippen molar-refractivity contribution in [2.24, 2.45) is 0 Å². The Kier molecular flexibility index (Phi) is 3.24. The number of benzene rings is 1. The fourth-order valence-corrected chi connectivity index (χ4v) is 2.31. The van der Waals surface area contributed by atoms with Crippen LogP contribution in [0.15, 0.2) is 18.2 Å². The third-order valence-electron chi connectivity index (χ3n) is 2.77. The molecule has 2 aromatic rings. The van der Waals surface area contributed by atoms with Crippen LogP contribution in [0.4, 0.5) is 0 Å². The first-order chi connectivity index (χ1) is 7.63. The van der Waals surface area contributed by atoms with Crippen molar-refractivity contribution in [2.75, 3.05) is 5.75 Å². The predicted molar refractivity (Wildman–Crippen MR) is 72.4 cm³/mol. The molecule has 0 aliphatic heterocycles. The van der Waals surface area contributed by atoms with Crippen molar-refractivity contribution < 1.29 is 0 Å². The van der Waals surface area contributed by atoms with Crippen molar-refractivity contribution in [2.45, 2.75) is 33.2 Å². The maximum Gasteiger partial charge on any atom is 0.110 e. The summed E-state index contributed by atoms with van der Waals surface area (Å²) in [7, 11) is 0. The Hall–Kier alpha value is -0.960. The number of thiol groups is 1. The zero-order valence-corrected chi connectivity index (χ0v) is 11.0. The molecule has 0 bridgehead atoms. The lowest BCUT2D eigenvalue weighted by Gasteiger charge is -2.12. The Morgan fingerprint density at radius 3 is 2.75 bits per heavy atom. The number of hydrogen-bond acceptors (Lipinski definition) is 2. The van der Waals surface area contributed by atoms with Gasteiger partial charge in [0.1, 0.15) is 5.82 Å². The van der Waals surface area contributed by atoms with Crippen molar-refractivity contribution in [1.29, 1.82) is 0 Å². The molecule has 0 N–H and O–H groups in total. The van der Waals surface area contributed by atoms with Crippen molar-refractivity contribution in [1.82, 2.24) is 9.55 Å². The number of aryl methyl sites for hydroxylation is 2. The van der Waals surface area contributed by atoms with E-state index in [4.69, 9.17) is 4.98 Å². The monoisotopic (exact) mass is 234 g/mol. The zero-order chi connectivity index (χ0) is 11.7. The second kappa shape index (κ2) is 4.50. The molecular weight excluding hydrogens is 216 g/mol. The van der Waals surface area contributed by atoms with Crippen LogP contribution in [-0.4, -0.2) is 15.3 Å². The molecule has 0 unspecified atom stereocenters. The number of imidazole rings is 1. The molecule has 2 nitrogen and oxygen atoms in total. The molecule has 16 heavy (non-hydrogen) atoms. The van der Waals surface area contributed by atoms with Gasteiger partial charge in [-0.1, -0.05) is 6.07 Å². The van der Waals surface area contributed by atoms with E-state index < -0.39 is 0 Å². The van der Waals surface area contributed by atoms with Crippen LogP contribution in [0.25, 0.3) is 11.0 Å². The molecule has 1 aromatic carbocycles. The molecule has 0 fully saturated rings. The summed E-state index contributed by atoms with van der Waals surface area (Å²) in [5.74, 6) is 1.99. The van der Waals surface area contributed by atoms with Gasteiger partial charge in [0.25, 0.3) is 0 Å². The van der Waals surface area contributed by atoms with Crippen LogP contribution in [0.5, 0.6) is 0 Å². The Balaban J connectivity index is 2.65. The highest BCUT2D eigenvalue weighted by Crippen LogP contribution is 2.22. The van der Waals surface area contributed by atoms with Crippen molar-refractivity contribution >= 4 is 23.7 Å². The highest BCUT2D eigenvalue weighted by atomic mass is 32.1. The van der Waals surface area contributed by atoms with E-state index in [1.807, 2.05) is 0 Å². The summed E-state index contributed by atoms with van der Waals surface area (Å²) in [4.78, 5) is 4.70. The largest absolute Gasteiger partial charge is 0.325 e. The number of aromatic nitrogens is 2. The normalized spacial score (nSPS) is 11.6. The average Bonchev–Trinajstić information content (AvgIpc) is 2.55. The molecule has 0 saturated carbocycles. The molecule has 86 valence electrons. The van der Waals surface area contributed by atoms with Crippen LogP contribution in [0.3, 0.4) is 0 Å². The minimum absolute atomic E-state index is 0.447. The molecule has 0 radical (unpaired) electrons. The molecule has 1 aromatic heterocycles. The summed E-state index contributed by atoms with van der Waals surface area (Å²) in [5.41, 5.74) is 3.60. The van der Waals surface area contributed by atoms with E-state index in [2.05, 4.69) is 56.2 Å². The van der Waals surface area contributed by atoms with Gasteiger partial charge in [-0.25, -0.2) is 4.98 Å². The van der Waals surface area contributed by atoms with E-state index in [9.17, 15) is 0 Å². The van der Waals surface area contributed by atoms with E-state index in [0.717, 1.165) is 23.5 Å². The van der Waals surface area contributed by atoms with Crippen LogP contribution in [0.1, 0.15) is 31.3 Å². The van der Waals surface area contributed by atoms with Gasteiger partial charge in [0.2, 0.25) is 0 Å². The second-order valence-electron chi connectivity index (χ2n) is 4.46. The minimum atomic E-state index is 0.447. The predicted octanol–water partition coefficient (Wildman–Crippen LogP) is 3.40. The van der Waals surface area contributed by atoms with Crippen LogP contribution in [0, 0.1) is 6.92 Å². The van der Waals surface area contributed by atoms with E-state index in [-0.39, 0.29) is 0 Å². The number of nitrogens with zero attached hydrogens (tertiary/aromatic N) is 2. The molecular formula is C13H18N2S. The fourth-order valence-electron chi connectivity index (χ4n) is 2.11. The molecule has 0 saturated heterocycles. The highest BCUT2D eigenvalue weighted by molar-refractivity contribution is 7.80. The smallest absolute Gasteiger partial charge is 0.110 e. The Labute approximate surface area is 102 Å². The summed E-state index contributed by atoms with van der Waals surface area (Å²) >= 11 is 4.30. The van der Waals surface area contributed by atoms with Gasteiger partial charge >= 0.3 is 0 Å². The molecule has 0 aliphatic rings. The van der Waals surface area contributed by atoms with E-state index in [1.54, 1.807) is 0 Å². The third-order valence-corrected chi connectivity index (χ3v) is 2.99. The van der Waals surface area contributed by atoms with Gasteiger partial charge < -0.3 is 4.57 Å². The summed E-state index contributed by atoms with van der Waals surface area (Å²) in [6.07, 6.45) is 0.926. The molecule has 0 spiro atoms. The first-order valence-corrected chi connectivity index (χ1v) is 6.35. The highest BCUT2D eigenvalue weighted by Gasteiger charge is 2.12. The molecule has 0 amide bonds. The lowest BCUT2D eigenvalue weighted by Crippen LogP contribution is -2.06. The minimum Gasteiger partial charge on any atom is -0.325 e. The van der Waals surface area contributed by atoms with Gasteiger partial charge in [-0.05, 0) is 44.2 Å². The standard InChI is InChI=1S/C13H18N2S/c1-9(2)15-12-5-4-10(3)8-11(12)14-13(15)6-7-16/h4-5,8-9,16H,6-7H2,1-3H3. The number of hydrogen-bond donors (Lipinski definition) is 1. The average molecular weight is 234 g/mol. The third kappa shape index (κ3) is 1.96. The van der Waals surface area contributed by atoms with Crippen LogP contribution in [0.2, 0.25) is 0 Å². The van der Waals surface area contributed by atoms with Gasteiger partial charge in [0, 0.05) is 12.5 Å². The SMILES string of the molecule is Cc1ccc2c(c1)nc(CCS)n2C(C)C. The van der Waals surface area contributed by atoms with Crippen molar-refractivity contribution in [3.8, 4) is 0 Å². The van der Waals surface area contributed by atoms with Gasteiger partial charge in [-0.3, -0.25) is 0 Å². The van der Waals surface area contributed by atoms with Crippen LogP contribution < -0.4 is 0 Å². The first-order valence-electron chi connectivity index (χ1n) is 5.72. The quantitative estimate of drug-likeness (QED) is 0.806. The van der Waals surface area contributed by atoms with E-state index >= 15 is 0 Å². The lowest BCUT2D eigenvalue weighted by atomic mass is 10.2. The van der Waals surface area contributed by atoms with Gasteiger partial charge in [-0.15, -0.1) is 0 Å². The molecule has 0 atom stereocenters. The van der Waals surface area contributed by atoms with Gasteiger partial charge in [0.15, 0.2) is 0 Å². The molecule has 0 aliphatic carbocycles. The topological polar surface area (TPSA) is 17.8 Å². The first kappa shape index (κ1) is 11.5. The summed E-state index contributed by atoms with van der Waals surface area (Å²) in [6, 6.07) is 6.91. The summed E-state index contributed by atoms with van der Waals surface area (Å²) < 4.78 is 2.31. The Morgan fingerprint density at radius 1 is 1.38 bits per heavy atom. The van der Waals surface area contributed by atoms with E-state index in [1.165, 1.54) is 11.1 Å².